The zero-order valence-electron chi connectivity index (χ0n) is 14.9. The predicted octanol–water partition coefficient (Wildman–Crippen LogP) is 1.70. The number of H-pyrrole nitrogens is 1. The highest BCUT2D eigenvalue weighted by molar-refractivity contribution is 7.88. The molecule has 1 aromatic heterocycles. The highest BCUT2D eigenvalue weighted by atomic mass is 32.2. The number of carbonyl (C=O) groups excluding carboxylic acids is 1. The number of hydrogen-bond donors (Lipinski definition) is 2. The third-order valence-electron chi connectivity index (χ3n) is 4.87. The number of amides is 1. The van der Waals surface area contributed by atoms with Crippen molar-refractivity contribution in [3.05, 3.63) is 40.2 Å². The van der Waals surface area contributed by atoms with Crippen LogP contribution in [0.15, 0.2) is 29.1 Å². The Morgan fingerprint density at radius 2 is 1.96 bits per heavy atom. The number of fused-ring (bicyclic) bond motifs is 1. The highest BCUT2D eigenvalue weighted by Gasteiger charge is 2.28. The first-order valence-corrected chi connectivity index (χ1v) is 10.5. The van der Waals surface area contributed by atoms with E-state index >= 15 is 0 Å². The number of piperidine rings is 1. The van der Waals surface area contributed by atoms with Gasteiger partial charge >= 0.3 is 0 Å². The molecule has 1 aliphatic heterocycles. The van der Waals surface area contributed by atoms with Crippen LogP contribution in [0.3, 0.4) is 0 Å². The number of pyridine rings is 1. The van der Waals surface area contributed by atoms with Gasteiger partial charge in [0.1, 0.15) is 0 Å². The van der Waals surface area contributed by atoms with Crippen molar-refractivity contribution in [3.63, 3.8) is 0 Å². The molecule has 1 aromatic carbocycles. The summed E-state index contributed by atoms with van der Waals surface area (Å²) in [6.45, 7) is 2.72. The number of anilines is 1. The average Bonchev–Trinajstić information content (AvgIpc) is 2.60. The van der Waals surface area contributed by atoms with Crippen molar-refractivity contribution in [3.8, 4) is 0 Å². The number of aromatic nitrogens is 1. The summed E-state index contributed by atoms with van der Waals surface area (Å²) in [6, 6.07) is 7.07. The van der Waals surface area contributed by atoms with Crippen LogP contribution >= 0.6 is 0 Å². The van der Waals surface area contributed by atoms with Gasteiger partial charge in [-0.25, -0.2) is 12.7 Å². The number of benzene rings is 1. The van der Waals surface area contributed by atoms with E-state index < -0.39 is 10.0 Å². The lowest BCUT2D eigenvalue weighted by atomic mass is 9.97. The van der Waals surface area contributed by atoms with Gasteiger partial charge in [-0.15, -0.1) is 0 Å². The summed E-state index contributed by atoms with van der Waals surface area (Å²) < 4.78 is 24.5. The van der Waals surface area contributed by atoms with Crippen molar-refractivity contribution in [1.29, 1.82) is 0 Å². The van der Waals surface area contributed by atoms with Gasteiger partial charge in [0.15, 0.2) is 0 Å². The van der Waals surface area contributed by atoms with Gasteiger partial charge in [0.25, 0.3) is 0 Å². The number of nitrogens with zero attached hydrogens (tertiary/aromatic N) is 1. The molecule has 0 spiro atoms. The van der Waals surface area contributed by atoms with Gasteiger partial charge < -0.3 is 10.3 Å². The molecule has 0 atom stereocenters. The van der Waals surface area contributed by atoms with Gasteiger partial charge in [-0.05, 0) is 37.0 Å². The predicted molar refractivity (Wildman–Crippen MR) is 102 cm³/mol. The Hall–Kier alpha value is -2.19. The van der Waals surface area contributed by atoms with Gasteiger partial charge in [0, 0.05) is 36.1 Å². The fraction of sp³-hybridized carbons (Fsp3) is 0.444. The second kappa shape index (κ2) is 7.20. The van der Waals surface area contributed by atoms with E-state index in [0.717, 1.165) is 17.4 Å². The first-order valence-electron chi connectivity index (χ1n) is 8.70. The first-order chi connectivity index (χ1) is 12.3. The van der Waals surface area contributed by atoms with E-state index in [2.05, 4.69) is 10.3 Å². The van der Waals surface area contributed by atoms with Crippen LogP contribution in [-0.2, 0) is 21.2 Å². The van der Waals surface area contributed by atoms with Crippen LogP contribution in [0.2, 0.25) is 0 Å². The Labute approximate surface area is 152 Å². The Balaban J connectivity index is 1.73. The summed E-state index contributed by atoms with van der Waals surface area (Å²) in [4.78, 5) is 27.1. The SMILES string of the molecule is CCc1cc(=O)[nH]c2cc(NC(=O)C3CCN(S(C)(=O)=O)CC3)ccc12. The van der Waals surface area contributed by atoms with Crippen LogP contribution in [0.4, 0.5) is 5.69 Å². The lowest BCUT2D eigenvalue weighted by molar-refractivity contribution is -0.120. The van der Waals surface area contributed by atoms with Crippen molar-refractivity contribution in [1.82, 2.24) is 9.29 Å². The molecule has 3 rings (SSSR count). The quantitative estimate of drug-likeness (QED) is 0.847. The summed E-state index contributed by atoms with van der Waals surface area (Å²) in [6.07, 6.45) is 2.95. The van der Waals surface area contributed by atoms with E-state index in [9.17, 15) is 18.0 Å². The third-order valence-corrected chi connectivity index (χ3v) is 6.17. The summed E-state index contributed by atoms with van der Waals surface area (Å²) >= 11 is 0. The Morgan fingerprint density at radius 3 is 2.58 bits per heavy atom. The van der Waals surface area contributed by atoms with Crippen molar-refractivity contribution in [2.24, 2.45) is 5.92 Å². The van der Waals surface area contributed by atoms with E-state index in [-0.39, 0.29) is 17.4 Å². The second-order valence-corrected chi connectivity index (χ2v) is 8.68. The lowest BCUT2D eigenvalue weighted by Gasteiger charge is -2.29. The van der Waals surface area contributed by atoms with Gasteiger partial charge in [0.2, 0.25) is 21.5 Å². The van der Waals surface area contributed by atoms with Gasteiger partial charge in [-0.2, -0.15) is 0 Å². The fourth-order valence-corrected chi connectivity index (χ4v) is 4.27. The summed E-state index contributed by atoms with van der Waals surface area (Å²) in [5, 5.41) is 3.85. The minimum atomic E-state index is -3.20. The molecule has 2 N–H and O–H groups in total. The maximum absolute atomic E-state index is 12.5. The van der Waals surface area contributed by atoms with E-state index in [1.807, 2.05) is 19.1 Å². The monoisotopic (exact) mass is 377 g/mol. The average molecular weight is 377 g/mol. The first kappa shape index (κ1) is 18.6. The van der Waals surface area contributed by atoms with E-state index in [0.29, 0.717) is 37.1 Å². The topological polar surface area (TPSA) is 99.3 Å². The number of carbonyl (C=O) groups is 1. The Kier molecular flexibility index (Phi) is 5.15. The zero-order chi connectivity index (χ0) is 18.9. The molecule has 0 bridgehead atoms. The number of nitrogens with one attached hydrogen (secondary N) is 2. The standard InChI is InChI=1S/C18H23N3O4S/c1-3-12-10-17(22)20-16-11-14(4-5-15(12)16)19-18(23)13-6-8-21(9-7-13)26(2,24)25/h4-5,10-11,13H,3,6-9H2,1-2H3,(H,19,23)(H,20,22). The Morgan fingerprint density at radius 1 is 1.27 bits per heavy atom. The molecule has 0 saturated carbocycles. The number of rotatable bonds is 4. The van der Waals surface area contributed by atoms with E-state index in [1.165, 1.54) is 10.6 Å². The Bertz CT molecular complexity index is 989. The molecular weight excluding hydrogens is 354 g/mol. The van der Waals surface area contributed by atoms with E-state index in [1.54, 1.807) is 12.1 Å². The number of aryl methyl sites for hydroxylation is 1. The largest absolute Gasteiger partial charge is 0.326 e. The van der Waals surface area contributed by atoms with Crippen LogP contribution in [0.1, 0.15) is 25.3 Å². The highest BCUT2D eigenvalue weighted by Crippen LogP contribution is 2.23. The minimum absolute atomic E-state index is 0.119. The maximum atomic E-state index is 12.5. The molecule has 140 valence electrons. The molecule has 2 heterocycles. The third kappa shape index (κ3) is 3.96. The molecule has 26 heavy (non-hydrogen) atoms. The van der Waals surface area contributed by atoms with Crippen molar-refractivity contribution < 1.29 is 13.2 Å². The van der Waals surface area contributed by atoms with Gasteiger partial charge in [-0.3, -0.25) is 9.59 Å². The molecule has 0 radical (unpaired) electrons. The van der Waals surface area contributed by atoms with Crippen LogP contribution in [-0.4, -0.2) is 43.0 Å². The molecule has 1 fully saturated rings. The van der Waals surface area contributed by atoms with Gasteiger partial charge in [-0.1, -0.05) is 13.0 Å². The minimum Gasteiger partial charge on any atom is -0.326 e. The lowest BCUT2D eigenvalue weighted by Crippen LogP contribution is -2.40. The molecule has 1 amide bonds. The van der Waals surface area contributed by atoms with Crippen molar-refractivity contribution in [2.75, 3.05) is 24.7 Å². The van der Waals surface area contributed by atoms with Gasteiger partial charge in [0.05, 0.1) is 11.8 Å². The van der Waals surface area contributed by atoms with Crippen molar-refractivity contribution >= 4 is 32.5 Å². The molecule has 8 heteroatoms. The summed E-state index contributed by atoms with van der Waals surface area (Å²) in [7, 11) is -3.20. The molecule has 1 aliphatic rings. The van der Waals surface area contributed by atoms with Crippen LogP contribution in [0.5, 0.6) is 0 Å². The number of sulfonamides is 1. The number of aromatic amines is 1. The maximum Gasteiger partial charge on any atom is 0.248 e. The smallest absolute Gasteiger partial charge is 0.248 e. The molecular formula is C18H23N3O4S. The normalized spacial score (nSPS) is 16.7. The van der Waals surface area contributed by atoms with Crippen LogP contribution < -0.4 is 10.9 Å². The van der Waals surface area contributed by atoms with Crippen LogP contribution in [0, 0.1) is 5.92 Å². The molecule has 2 aromatic rings. The van der Waals surface area contributed by atoms with Crippen molar-refractivity contribution in [2.45, 2.75) is 26.2 Å². The summed E-state index contributed by atoms with van der Waals surface area (Å²) in [5.41, 5.74) is 2.12. The molecule has 1 saturated heterocycles. The van der Waals surface area contributed by atoms with Crippen LogP contribution in [0.25, 0.3) is 10.9 Å². The van der Waals surface area contributed by atoms with E-state index in [4.69, 9.17) is 0 Å². The number of hydrogen-bond acceptors (Lipinski definition) is 4. The molecule has 0 unspecified atom stereocenters. The second-order valence-electron chi connectivity index (χ2n) is 6.70. The summed E-state index contributed by atoms with van der Waals surface area (Å²) in [5.74, 6) is -0.337. The molecule has 0 aliphatic carbocycles. The molecule has 7 nitrogen and oxygen atoms in total. The zero-order valence-corrected chi connectivity index (χ0v) is 15.7. The fourth-order valence-electron chi connectivity index (χ4n) is 3.40.